The van der Waals surface area contributed by atoms with E-state index in [4.69, 9.17) is 5.11 Å². The Bertz CT molecular complexity index is 472. The van der Waals surface area contributed by atoms with Gasteiger partial charge in [0.1, 0.15) is 12.2 Å². The topological polar surface area (TPSA) is 84.2 Å². The molecule has 1 aromatic rings. The first-order valence-electron chi connectivity index (χ1n) is 5.66. The second-order valence-electron chi connectivity index (χ2n) is 4.40. The largest absolute Gasteiger partial charge is 0.480 e. The fourth-order valence-corrected chi connectivity index (χ4v) is 1.54. The summed E-state index contributed by atoms with van der Waals surface area (Å²) in [5, 5.41) is 14.2. The number of aromatic nitrogens is 2. The molecule has 0 aromatic carbocycles. The third kappa shape index (κ3) is 4.01. The predicted molar refractivity (Wildman–Crippen MR) is 62.0 cm³/mol. The van der Waals surface area contributed by atoms with Gasteiger partial charge in [-0.3, -0.25) is 14.3 Å². The summed E-state index contributed by atoms with van der Waals surface area (Å²) in [7, 11) is 0. The highest BCUT2D eigenvalue weighted by atomic mass is 19.3. The molecule has 0 fully saturated rings. The van der Waals surface area contributed by atoms with Crippen LogP contribution in [-0.4, -0.2) is 33.3 Å². The molecule has 1 aromatic heterocycles. The summed E-state index contributed by atoms with van der Waals surface area (Å²) >= 11 is 0. The molecule has 0 saturated carbocycles. The molecule has 106 valence electrons. The molecule has 1 rings (SSSR count). The quantitative estimate of drug-likeness (QED) is 0.819. The second-order valence-corrected chi connectivity index (χ2v) is 4.40. The SMILES string of the molecule is CC(C)Cn1ncc(C(=O)NCC(=O)O)c1C(F)F. The number of hydrogen-bond acceptors (Lipinski definition) is 3. The van der Waals surface area contributed by atoms with Crippen LogP contribution in [0.3, 0.4) is 0 Å². The number of carbonyl (C=O) groups is 2. The average Bonchev–Trinajstić information content (AvgIpc) is 2.68. The van der Waals surface area contributed by atoms with Crippen molar-refractivity contribution in [2.24, 2.45) is 5.92 Å². The lowest BCUT2D eigenvalue weighted by Crippen LogP contribution is -2.30. The molecule has 8 heteroatoms. The van der Waals surface area contributed by atoms with E-state index in [0.29, 0.717) is 0 Å². The molecule has 0 aliphatic carbocycles. The summed E-state index contributed by atoms with van der Waals surface area (Å²) in [5.41, 5.74) is -0.784. The number of carbonyl (C=O) groups excluding carboxylic acids is 1. The van der Waals surface area contributed by atoms with Crippen LogP contribution in [0.15, 0.2) is 6.20 Å². The first-order chi connectivity index (χ1) is 8.82. The Morgan fingerprint density at radius 1 is 1.47 bits per heavy atom. The summed E-state index contributed by atoms with van der Waals surface area (Å²) in [5.74, 6) is -2.03. The van der Waals surface area contributed by atoms with E-state index in [9.17, 15) is 18.4 Å². The number of hydrogen-bond donors (Lipinski definition) is 2. The lowest BCUT2D eigenvalue weighted by molar-refractivity contribution is -0.135. The van der Waals surface area contributed by atoms with Crippen molar-refractivity contribution in [1.82, 2.24) is 15.1 Å². The smallest absolute Gasteiger partial charge is 0.322 e. The highest BCUT2D eigenvalue weighted by molar-refractivity contribution is 5.96. The molecule has 1 amide bonds. The van der Waals surface area contributed by atoms with E-state index >= 15 is 0 Å². The summed E-state index contributed by atoms with van der Waals surface area (Å²) in [6.45, 7) is 3.30. The predicted octanol–water partition coefficient (Wildman–Crippen LogP) is 1.29. The minimum absolute atomic E-state index is 0.0901. The monoisotopic (exact) mass is 275 g/mol. The Morgan fingerprint density at radius 3 is 2.58 bits per heavy atom. The molecule has 19 heavy (non-hydrogen) atoms. The zero-order chi connectivity index (χ0) is 14.6. The van der Waals surface area contributed by atoms with E-state index in [0.717, 1.165) is 10.9 Å². The third-order valence-corrected chi connectivity index (χ3v) is 2.27. The number of nitrogens with one attached hydrogen (secondary N) is 1. The Labute approximate surface area is 108 Å². The van der Waals surface area contributed by atoms with E-state index < -0.39 is 30.5 Å². The van der Waals surface area contributed by atoms with E-state index in [1.165, 1.54) is 0 Å². The van der Waals surface area contributed by atoms with Crippen molar-refractivity contribution in [3.8, 4) is 0 Å². The average molecular weight is 275 g/mol. The van der Waals surface area contributed by atoms with Crippen LogP contribution in [-0.2, 0) is 11.3 Å². The molecule has 0 aliphatic heterocycles. The molecule has 0 radical (unpaired) electrons. The maximum Gasteiger partial charge on any atom is 0.322 e. The molecule has 0 aliphatic rings. The van der Waals surface area contributed by atoms with Crippen LogP contribution in [0.2, 0.25) is 0 Å². The molecular weight excluding hydrogens is 260 g/mol. The molecule has 0 saturated heterocycles. The van der Waals surface area contributed by atoms with Crippen LogP contribution in [0.5, 0.6) is 0 Å². The van der Waals surface area contributed by atoms with Crippen LogP contribution in [0.4, 0.5) is 8.78 Å². The fourth-order valence-electron chi connectivity index (χ4n) is 1.54. The second kappa shape index (κ2) is 6.26. The number of carboxylic acids is 1. The lowest BCUT2D eigenvalue weighted by Gasteiger charge is -2.10. The normalized spacial score (nSPS) is 11.1. The first-order valence-corrected chi connectivity index (χ1v) is 5.66. The van der Waals surface area contributed by atoms with Gasteiger partial charge in [0.2, 0.25) is 0 Å². The van der Waals surface area contributed by atoms with E-state index in [2.05, 4.69) is 5.10 Å². The van der Waals surface area contributed by atoms with Gasteiger partial charge in [0, 0.05) is 6.54 Å². The molecule has 1 heterocycles. The van der Waals surface area contributed by atoms with Crippen LogP contribution >= 0.6 is 0 Å². The fraction of sp³-hybridized carbons (Fsp3) is 0.545. The molecule has 0 atom stereocenters. The molecule has 0 spiro atoms. The minimum atomic E-state index is -2.85. The van der Waals surface area contributed by atoms with Crippen molar-refractivity contribution in [3.05, 3.63) is 17.5 Å². The summed E-state index contributed by atoms with van der Waals surface area (Å²) in [4.78, 5) is 21.9. The Hall–Kier alpha value is -1.99. The number of rotatable bonds is 6. The molecule has 0 unspecified atom stereocenters. The number of aliphatic carboxylic acids is 1. The molecular formula is C11H15F2N3O3. The summed E-state index contributed by atoms with van der Waals surface area (Å²) in [6, 6.07) is 0. The van der Waals surface area contributed by atoms with E-state index in [1.54, 1.807) is 0 Å². The maximum atomic E-state index is 13.0. The molecule has 6 nitrogen and oxygen atoms in total. The van der Waals surface area contributed by atoms with Gasteiger partial charge in [-0.25, -0.2) is 8.78 Å². The Kier molecular flexibility index (Phi) is 4.96. The van der Waals surface area contributed by atoms with Crippen molar-refractivity contribution in [2.75, 3.05) is 6.54 Å². The molecule has 2 N–H and O–H groups in total. The van der Waals surface area contributed by atoms with Gasteiger partial charge in [0.25, 0.3) is 12.3 Å². The highest BCUT2D eigenvalue weighted by Crippen LogP contribution is 2.23. The summed E-state index contributed by atoms with van der Waals surface area (Å²) in [6.07, 6.45) is -1.83. The number of carboxylic acid groups (broad SMARTS) is 1. The van der Waals surface area contributed by atoms with Gasteiger partial charge in [-0.05, 0) is 5.92 Å². The van der Waals surface area contributed by atoms with Gasteiger partial charge < -0.3 is 10.4 Å². The van der Waals surface area contributed by atoms with Crippen molar-refractivity contribution < 1.29 is 23.5 Å². The van der Waals surface area contributed by atoms with Crippen LogP contribution in [0.25, 0.3) is 0 Å². The van der Waals surface area contributed by atoms with Gasteiger partial charge in [0.15, 0.2) is 0 Å². The zero-order valence-corrected chi connectivity index (χ0v) is 10.6. The third-order valence-electron chi connectivity index (χ3n) is 2.27. The van der Waals surface area contributed by atoms with Gasteiger partial charge in [-0.1, -0.05) is 13.8 Å². The standard InChI is InChI=1S/C11H15F2N3O3/c1-6(2)5-16-9(10(12)13)7(3-15-16)11(19)14-4-8(17)18/h3,6,10H,4-5H2,1-2H3,(H,14,19)(H,17,18). The number of amides is 1. The highest BCUT2D eigenvalue weighted by Gasteiger charge is 2.24. The van der Waals surface area contributed by atoms with Gasteiger partial charge in [-0.15, -0.1) is 0 Å². The van der Waals surface area contributed by atoms with Gasteiger partial charge in [-0.2, -0.15) is 5.10 Å². The van der Waals surface area contributed by atoms with Crippen molar-refractivity contribution in [1.29, 1.82) is 0 Å². The Morgan fingerprint density at radius 2 is 2.11 bits per heavy atom. The first kappa shape index (κ1) is 15.1. The molecule has 0 bridgehead atoms. The number of alkyl halides is 2. The number of halogens is 2. The van der Waals surface area contributed by atoms with E-state index in [-0.39, 0.29) is 18.0 Å². The Balaban J connectivity index is 2.97. The minimum Gasteiger partial charge on any atom is -0.480 e. The van der Waals surface area contributed by atoms with Crippen LogP contribution in [0.1, 0.15) is 36.3 Å². The van der Waals surface area contributed by atoms with Crippen LogP contribution < -0.4 is 5.32 Å². The van der Waals surface area contributed by atoms with Crippen molar-refractivity contribution in [2.45, 2.75) is 26.8 Å². The lowest BCUT2D eigenvalue weighted by atomic mass is 10.2. The number of nitrogens with zero attached hydrogens (tertiary/aromatic N) is 2. The zero-order valence-electron chi connectivity index (χ0n) is 10.6. The van der Waals surface area contributed by atoms with Crippen LogP contribution in [0, 0.1) is 5.92 Å². The van der Waals surface area contributed by atoms with Crippen molar-refractivity contribution in [3.63, 3.8) is 0 Å². The van der Waals surface area contributed by atoms with E-state index in [1.807, 2.05) is 19.2 Å². The van der Waals surface area contributed by atoms with Gasteiger partial charge >= 0.3 is 5.97 Å². The van der Waals surface area contributed by atoms with Gasteiger partial charge in [0.05, 0.1) is 11.8 Å². The van der Waals surface area contributed by atoms with Crippen molar-refractivity contribution >= 4 is 11.9 Å². The maximum absolute atomic E-state index is 13.0. The summed E-state index contributed by atoms with van der Waals surface area (Å²) < 4.78 is 27.0.